The zero-order valence-electron chi connectivity index (χ0n) is 9.03. The molecule has 0 saturated heterocycles. The number of ether oxygens (including phenoxy) is 1. The zero-order valence-corrected chi connectivity index (χ0v) is 9.78. The number of halogens is 1. The molecule has 1 rings (SSSR count). The number of nitrogens with one attached hydrogen (secondary N) is 1. The second-order valence-electron chi connectivity index (χ2n) is 3.19. The summed E-state index contributed by atoms with van der Waals surface area (Å²) in [4.78, 5) is 18.9. The van der Waals surface area contributed by atoms with E-state index in [1.54, 1.807) is 6.92 Å². The summed E-state index contributed by atoms with van der Waals surface area (Å²) in [5, 5.41) is 3.09. The molecule has 1 aromatic rings. The van der Waals surface area contributed by atoms with Crippen LogP contribution in [-0.4, -0.2) is 29.0 Å². The smallest absolute Gasteiger partial charge is 0.239 e. The van der Waals surface area contributed by atoms with Gasteiger partial charge in [-0.05, 0) is 6.92 Å². The first kappa shape index (κ1) is 12.7. The standard InChI is InChI=1S/C9H13ClN4O2/c1-5(9(11)15)12-7-3-6(10)13-8(14-7)4-16-2/h3,5H,4H2,1-2H3,(H2,11,15)(H,12,13,14). The minimum absolute atomic E-state index is 0.250. The molecule has 0 aliphatic carbocycles. The molecule has 6 nitrogen and oxygen atoms in total. The van der Waals surface area contributed by atoms with E-state index in [0.29, 0.717) is 11.6 Å². The number of nitrogens with zero attached hydrogens (tertiary/aromatic N) is 2. The van der Waals surface area contributed by atoms with Crippen molar-refractivity contribution in [2.24, 2.45) is 5.73 Å². The highest BCUT2D eigenvalue weighted by atomic mass is 35.5. The third kappa shape index (κ3) is 3.63. The summed E-state index contributed by atoms with van der Waals surface area (Å²) in [5.41, 5.74) is 5.12. The summed E-state index contributed by atoms with van der Waals surface area (Å²) in [5.74, 6) is 0.413. The van der Waals surface area contributed by atoms with Crippen LogP contribution >= 0.6 is 11.6 Å². The van der Waals surface area contributed by atoms with Crippen LogP contribution in [0.5, 0.6) is 0 Å². The molecular formula is C9H13ClN4O2. The molecule has 1 heterocycles. The maximum absolute atomic E-state index is 10.9. The van der Waals surface area contributed by atoms with Crippen molar-refractivity contribution in [3.8, 4) is 0 Å². The van der Waals surface area contributed by atoms with Crippen molar-refractivity contribution in [2.75, 3.05) is 12.4 Å². The lowest BCUT2D eigenvalue weighted by Crippen LogP contribution is -2.32. The molecule has 0 radical (unpaired) electrons. The molecule has 0 aliphatic rings. The number of methoxy groups -OCH3 is 1. The van der Waals surface area contributed by atoms with Gasteiger partial charge in [-0.25, -0.2) is 9.97 Å². The fraction of sp³-hybridized carbons (Fsp3) is 0.444. The Morgan fingerprint density at radius 1 is 1.69 bits per heavy atom. The Morgan fingerprint density at radius 3 is 2.94 bits per heavy atom. The Morgan fingerprint density at radius 2 is 2.38 bits per heavy atom. The molecular weight excluding hydrogens is 232 g/mol. The number of anilines is 1. The SMILES string of the molecule is COCc1nc(Cl)cc(NC(C)C(N)=O)n1. The Bertz CT molecular complexity index is 386. The number of carbonyl (C=O) groups excluding carboxylic acids is 1. The average Bonchev–Trinajstić information content (AvgIpc) is 2.16. The highest BCUT2D eigenvalue weighted by molar-refractivity contribution is 6.29. The van der Waals surface area contributed by atoms with Crippen LogP contribution in [0.2, 0.25) is 5.15 Å². The molecule has 0 bridgehead atoms. The summed E-state index contributed by atoms with van der Waals surface area (Å²) in [6, 6.07) is 0.988. The first-order valence-electron chi connectivity index (χ1n) is 4.61. The quantitative estimate of drug-likeness (QED) is 0.739. The molecule has 0 fully saturated rings. The number of primary amides is 1. The number of aromatic nitrogens is 2. The van der Waals surface area contributed by atoms with E-state index in [2.05, 4.69) is 15.3 Å². The van der Waals surface area contributed by atoms with Crippen molar-refractivity contribution in [3.63, 3.8) is 0 Å². The molecule has 1 aromatic heterocycles. The van der Waals surface area contributed by atoms with Gasteiger partial charge in [0.2, 0.25) is 5.91 Å². The Hall–Kier alpha value is -1.40. The van der Waals surface area contributed by atoms with Gasteiger partial charge in [-0.15, -0.1) is 0 Å². The third-order valence-electron chi connectivity index (χ3n) is 1.81. The van der Waals surface area contributed by atoms with E-state index in [4.69, 9.17) is 22.1 Å². The van der Waals surface area contributed by atoms with Gasteiger partial charge in [0, 0.05) is 13.2 Å². The maximum Gasteiger partial charge on any atom is 0.239 e. The van der Waals surface area contributed by atoms with Crippen molar-refractivity contribution < 1.29 is 9.53 Å². The van der Waals surface area contributed by atoms with Crippen molar-refractivity contribution in [3.05, 3.63) is 17.0 Å². The van der Waals surface area contributed by atoms with Gasteiger partial charge in [-0.1, -0.05) is 11.6 Å². The summed E-state index contributed by atoms with van der Waals surface area (Å²) in [6.07, 6.45) is 0. The van der Waals surface area contributed by atoms with E-state index < -0.39 is 11.9 Å². The number of rotatable bonds is 5. The van der Waals surface area contributed by atoms with Crippen LogP contribution in [0.25, 0.3) is 0 Å². The number of carbonyl (C=O) groups is 1. The molecule has 7 heteroatoms. The molecule has 1 unspecified atom stereocenters. The molecule has 1 amide bonds. The second-order valence-corrected chi connectivity index (χ2v) is 3.58. The molecule has 0 aliphatic heterocycles. The van der Waals surface area contributed by atoms with Gasteiger partial charge in [0.15, 0.2) is 5.82 Å². The first-order chi connectivity index (χ1) is 7.52. The Labute approximate surface area is 98.2 Å². The minimum Gasteiger partial charge on any atom is -0.377 e. The predicted octanol–water partition coefficient (Wildman–Crippen LogP) is 0.562. The number of nitrogens with two attached hydrogens (primary N) is 1. The van der Waals surface area contributed by atoms with Crippen molar-refractivity contribution >= 4 is 23.3 Å². The number of hydrogen-bond donors (Lipinski definition) is 2. The largest absolute Gasteiger partial charge is 0.377 e. The van der Waals surface area contributed by atoms with Gasteiger partial charge in [-0.2, -0.15) is 0 Å². The summed E-state index contributed by atoms with van der Waals surface area (Å²) < 4.78 is 4.89. The van der Waals surface area contributed by atoms with Crippen LogP contribution in [-0.2, 0) is 16.1 Å². The lowest BCUT2D eigenvalue weighted by Gasteiger charge is -2.11. The van der Waals surface area contributed by atoms with Crippen LogP contribution in [0.4, 0.5) is 5.82 Å². The Kier molecular flexibility index (Phi) is 4.45. The summed E-state index contributed by atoms with van der Waals surface area (Å²) >= 11 is 5.79. The van der Waals surface area contributed by atoms with Gasteiger partial charge in [0.1, 0.15) is 23.6 Å². The van der Waals surface area contributed by atoms with E-state index in [1.807, 2.05) is 0 Å². The second kappa shape index (κ2) is 5.62. The molecule has 16 heavy (non-hydrogen) atoms. The van der Waals surface area contributed by atoms with Gasteiger partial charge in [0.05, 0.1) is 0 Å². The van der Waals surface area contributed by atoms with E-state index in [9.17, 15) is 4.79 Å². The summed E-state index contributed by atoms with van der Waals surface area (Å²) in [6.45, 7) is 1.88. The van der Waals surface area contributed by atoms with Gasteiger partial charge < -0.3 is 15.8 Å². The van der Waals surface area contributed by atoms with Crippen LogP contribution < -0.4 is 11.1 Å². The fourth-order valence-corrected chi connectivity index (χ4v) is 1.23. The van der Waals surface area contributed by atoms with Crippen LogP contribution in [0.3, 0.4) is 0 Å². The van der Waals surface area contributed by atoms with E-state index in [1.165, 1.54) is 13.2 Å². The highest BCUT2D eigenvalue weighted by Crippen LogP contribution is 2.12. The topological polar surface area (TPSA) is 90.1 Å². The normalized spacial score (nSPS) is 12.2. The number of hydrogen-bond acceptors (Lipinski definition) is 5. The zero-order chi connectivity index (χ0) is 12.1. The average molecular weight is 245 g/mol. The van der Waals surface area contributed by atoms with E-state index >= 15 is 0 Å². The molecule has 3 N–H and O–H groups in total. The van der Waals surface area contributed by atoms with Gasteiger partial charge >= 0.3 is 0 Å². The maximum atomic E-state index is 10.9. The first-order valence-corrected chi connectivity index (χ1v) is 4.99. The lowest BCUT2D eigenvalue weighted by molar-refractivity contribution is -0.118. The third-order valence-corrected chi connectivity index (χ3v) is 2.00. The predicted molar refractivity (Wildman–Crippen MR) is 60.0 cm³/mol. The van der Waals surface area contributed by atoms with Crippen molar-refractivity contribution in [1.82, 2.24) is 9.97 Å². The number of amides is 1. The Balaban J connectivity index is 2.83. The molecule has 0 saturated carbocycles. The van der Waals surface area contributed by atoms with Gasteiger partial charge in [0.25, 0.3) is 0 Å². The minimum atomic E-state index is -0.527. The molecule has 0 spiro atoms. The van der Waals surface area contributed by atoms with Crippen LogP contribution in [0.15, 0.2) is 6.07 Å². The van der Waals surface area contributed by atoms with E-state index in [0.717, 1.165) is 0 Å². The molecule has 0 aromatic carbocycles. The summed E-state index contributed by atoms with van der Waals surface area (Å²) in [7, 11) is 1.53. The molecule has 1 atom stereocenters. The van der Waals surface area contributed by atoms with Crippen molar-refractivity contribution in [1.29, 1.82) is 0 Å². The fourth-order valence-electron chi connectivity index (χ4n) is 1.03. The monoisotopic (exact) mass is 244 g/mol. The molecule has 88 valence electrons. The van der Waals surface area contributed by atoms with Gasteiger partial charge in [-0.3, -0.25) is 4.79 Å². The highest BCUT2D eigenvalue weighted by Gasteiger charge is 2.10. The van der Waals surface area contributed by atoms with Crippen molar-refractivity contribution in [2.45, 2.75) is 19.6 Å². The lowest BCUT2D eigenvalue weighted by atomic mass is 10.3. The van der Waals surface area contributed by atoms with E-state index in [-0.39, 0.29) is 11.8 Å². The van der Waals surface area contributed by atoms with Crippen LogP contribution in [0, 0.1) is 0 Å². The van der Waals surface area contributed by atoms with Crippen LogP contribution in [0.1, 0.15) is 12.7 Å².